The van der Waals surface area contributed by atoms with E-state index in [0.29, 0.717) is 13.2 Å². The van der Waals surface area contributed by atoms with E-state index >= 15 is 0 Å². The van der Waals surface area contributed by atoms with Crippen LogP contribution in [0.1, 0.15) is 48.0 Å². The quantitative estimate of drug-likeness (QED) is 0.399. The van der Waals surface area contributed by atoms with Crippen molar-refractivity contribution in [2.45, 2.75) is 83.8 Å². The number of nitrogens with zero attached hydrogens (tertiary/aromatic N) is 1. The largest absolute Gasteiger partial charge is 0.444 e. The maximum atomic E-state index is 12.6. The van der Waals surface area contributed by atoms with Crippen molar-refractivity contribution in [3.63, 3.8) is 0 Å². The number of carbonyl (C=O) groups is 1. The molecule has 0 aromatic carbocycles. The summed E-state index contributed by atoms with van der Waals surface area (Å²) in [5.74, 6) is 0. The van der Waals surface area contributed by atoms with Gasteiger partial charge in [-0.15, -0.1) is 0 Å². The summed E-state index contributed by atoms with van der Waals surface area (Å²) in [7, 11) is -0.306. The molecule has 0 aliphatic carbocycles. The average Bonchev–Trinajstić information content (AvgIpc) is 2.78. The van der Waals surface area contributed by atoms with Crippen LogP contribution in [0.3, 0.4) is 0 Å². The third-order valence-electron chi connectivity index (χ3n) is 4.78. The van der Waals surface area contributed by atoms with E-state index in [1.807, 2.05) is 20.8 Å². The second kappa shape index (κ2) is 8.37. The van der Waals surface area contributed by atoms with Gasteiger partial charge in [0.1, 0.15) is 12.4 Å². The Morgan fingerprint density at radius 3 is 2.24 bits per heavy atom. The highest BCUT2D eigenvalue weighted by atomic mass is 28.4. The van der Waals surface area contributed by atoms with Crippen molar-refractivity contribution in [1.82, 2.24) is 4.90 Å². The van der Waals surface area contributed by atoms with Gasteiger partial charge in [-0.1, -0.05) is 20.8 Å². The Morgan fingerprint density at radius 2 is 1.76 bits per heavy atom. The molecule has 1 amide bonds. The SMILES string of the molecule is COCOCC1CC(O[Si](C)(C)C(C)(C)C)CN1C(=O)OC(C)(C)C. The lowest BCUT2D eigenvalue weighted by atomic mass is 10.2. The maximum Gasteiger partial charge on any atom is 0.410 e. The molecule has 1 fully saturated rings. The topological polar surface area (TPSA) is 57.2 Å². The summed E-state index contributed by atoms with van der Waals surface area (Å²) < 4.78 is 22.5. The molecule has 0 bridgehead atoms. The number of hydrogen-bond acceptors (Lipinski definition) is 5. The number of amides is 1. The van der Waals surface area contributed by atoms with Crippen molar-refractivity contribution in [1.29, 1.82) is 0 Å². The van der Waals surface area contributed by atoms with Gasteiger partial charge in [0.25, 0.3) is 0 Å². The van der Waals surface area contributed by atoms with Gasteiger partial charge in [0.2, 0.25) is 0 Å². The first-order chi connectivity index (χ1) is 11.3. The fraction of sp³-hybridized carbons (Fsp3) is 0.944. The second-order valence-corrected chi connectivity index (χ2v) is 14.1. The molecule has 0 saturated carbocycles. The number of rotatable bonds is 6. The van der Waals surface area contributed by atoms with Gasteiger partial charge in [-0.05, 0) is 45.3 Å². The zero-order chi connectivity index (χ0) is 19.5. The normalized spacial score (nSPS) is 22.4. The minimum Gasteiger partial charge on any atom is -0.444 e. The van der Waals surface area contributed by atoms with Crippen LogP contribution in [0, 0.1) is 0 Å². The number of methoxy groups -OCH3 is 1. The minimum absolute atomic E-state index is 0.0181. The number of carbonyl (C=O) groups excluding carboxylic acids is 1. The van der Waals surface area contributed by atoms with Gasteiger partial charge in [-0.25, -0.2) is 4.79 Å². The fourth-order valence-corrected chi connectivity index (χ4v) is 3.88. The van der Waals surface area contributed by atoms with Crippen molar-refractivity contribution < 1.29 is 23.4 Å². The Morgan fingerprint density at radius 1 is 1.16 bits per heavy atom. The van der Waals surface area contributed by atoms with Crippen LogP contribution in [0.4, 0.5) is 4.79 Å². The van der Waals surface area contributed by atoms with Gasteiger partial charge in [-0.2, -0.15) is 0 Å². The number of likely N-dealkylation sites (tertiary alicyclic amines) is 1. The van der Waals surface area contributed by atoms with E-state index in [9.17, 15) is 4.79 Å². The predicted molar refractivity (Wildman–Crippen MR) is 101 cm³/mol. The maximum absolute atomic E-state index is 12.6. The summed E-state index contributed by atoms with van der Waals surface area (Å²) in [5.41, 5.74) is -0.520. The second-order valence-electron chi connectivity index (χ2n) is 9.30. The smallest absolute Gasteiger partial charge is 0.410 e. The van der Waals surface area contributed by atoms with E-state index in [1.165, 1.54) is 0 Å². The molecule has 1 rings (SSSR count). The van der Waals surface area contributed by atoms with Crippen molar-refractivity contribution in [3.05, 3.63) is 0 Å². The van der Waals surface area contributed by atoms with Gasteiger partial charge >= 0.3 is 6.09 Å². The molecule has 1 heterocycles. The molecule has 0 radical (unpaired) electrons. The zero-order valence-corrected chi connectivity index (χ0v) is 18.5. The lowest BCUT2D eigenvalue weighted by Gasteiger charge is -2.38. The summed E-state index contributed by atoms with van der Waals surface area (Å²) >= 11 is 0. The van der Waals surface area contributed by atoms with E-state index in [2.05, 4.69) is 33.9 Å². The van der Waals surface area contributed by atoms with Gasteiger partial charge in [-0.3, -0.25) is 0 Å². The standard InChI is InChI=1S/C18H37NO5Si/c1-17(2,3)23-16(20)19-11-15(10-14(19)12-22-13-21-7)24-25(8,9)18(4,5)6/h14-15H,10-13H2,1-9H3. The van der Waals surface area contributed by atoms with Crippen LogP contribution in [-0.4, -0.2) is 64.1 Å². The minimum atomic E-state index is -1.89. The molecule has 7 heteroatoms. The molecule has 0 N–H and O–H groups in total. The van der Waals surface area contributed by atoms with Crippen LogP contribution in [0.15, 0.2) is 0 Å². The fourth-order valence-electron chi connectivity index (χ4n) is 2.52. The first kappa shape index (κ1) is 22.4. The highest BCUT2D eigenvalue weighted by Crippen LogP contribution is 2.39. The van der Waals surface area contributed by atoms with E-state index in [0.717, 1.165) is 6.42 Å². The van der Waals surface area contributed by atoms with Crippen LogP contribution in [-0.2, 0) is 18.6 Å². The number of ether oxygens (including phenoxy) is 3. The first-order valence-corrected chi connectivity index (χ1v) is 11.9. The molecule has 6 nitrogen and oxygen atoms in total. The van der Waals surface area contributed by atoms with Crippen molar-refractivity contribution in [2.24, 2.45) is 0 Å². The Bertz CT molecular complexity index is 442. The highest BCUT2D eigenvalue weighted by Gasteiger charge is 2.44. The molecule has 25 heavy (non-hydrogen) atoms. The van der Waals surface area contributed by atoms with Crippen molar-refractivity contribution in [2.75, 3.05) is 27.1 Å². The molecule has 0 spiro atoms. The molecule has 0 aromatic heterocycles. The molecule has 2 unspecified atom stereocenters. The van der Waals surface area contributed by atoms with Gasteiger partial charge in [0.15, 0.2) is 8.32 Å². The van der Waals surface area contributed by atoms with Crippen LogP contribution in [0.25, 0.3) is 0 Å². The van der Waals surface area contributed by atoms with E-state index in [1.54, 1.807) is 12.0 Å². The summed E-state index contributed by atoms with van der Waals surface area (Å²) in [4.78, 5) is 14.3. The third-order valence-corrected chi connectivity index (χ3v) is 9.32. The lowest BCUT2D eigenvalue weighted by Crippen LogP contribution is -2.45. The Balaban J connectivity index is 2.81. The van der Waals surface area contributed by atoms with Crippen LogP contribution >= 0.6 is 0 Å². The van der Waals surface area contributed by atoms with Crippen LogP contribution < -0.4 is 0 Å². The van der Waals surface area contributed by atoms with Crippen molar-refractivity contribution >= 4 is 14.4 Å². The summed E-state index contributed by atoms with van der Waals surface area (Å²) in [6.07, 6.45) is 0.472. The molecule has 1 aliphatic heterocycles. The summed E-state index contributed by atoms with van der Waals surface area (Å²) in [5, 5.41) is 0.133. The van der Waals surface area contributed by atoms with Crippen molar-refractivity contribution in [3.8, 4) is 0 Å². The van der Waals surface area contributed by atoms with Crippen LogP contribution in [0.5, 0.6) is 0 Å². The first-order valence-electron chi connectivity index (χ1n) is 9.01. The van der Waals surface area contributed by atoms with Gasteiger partial charge in [0.05, 0.1) is 18.8 Å². The molecular weight excluding hydrogens is 338 g/mol. The van der Waals surface area contributed by atoms with Gasteiger partial charge < -0.3 is 23.5 Å². The van der Waals surface area contributed by atoms with E-state index in [4.69, 9.17) is 18.6 Å². The zero-order valence-electron chi connectivity index (χ0n) is 17.5. The molecule has 148 valence electrons. The summed E-state index contributed by atoms with van der Waals surface area (Å²) in [6, 6.07) is -0.0558. The van der Waals surface area contributed by atoms with Crippen LogP contribution in [0.2, 0.25) is 18.1 Å². The predicted octanol–water partition coefficient (Wildman–Crippen LogP) is 4.01. The Hall–Kier alpha value is -0.633. The Labute approximate surface area is 154 Å². The lowest BCUT2D eigenvalue weighted by molar-refractivity contribution is -0.0497. The molecular formula is C18H37NO5Si. The van der Waals surface area contributed by atoms with E-state index in [-0.39, 0.29) is 30.1 Å². The van der Waals surface area contributed by atoms with Gasteiger partial charge in [0, 0.05) is 13.7 Å². The molecule has 2 atom stereocenters. The molecule has 0 aromatic rings. The average molecular weight is 376 g/mol. The van der Waals surface area contributed by atoms with E-state index < -0.39 is 13.9 Å². The monoisotopic (exact) mass is 375 g/mol. The third kappa shape index (κ3) is 6.88. The highest BCUT2D eigenvalue weighted by molar-refractivity contribution is 6.74. The summed E-state index contributed by atoms with van der Waals surface area (Å²) in [6.45, 7) is 17.9. The Kier molecular flexibility index (Phi) is 7.50. The number of hydrogen-bond donors (Lipinski definition) is 0. The molecule has 1 saturated heterocycles. The molecule has 1 aliphatic rings.